The topological polar surface area (TPSA) is 87.8 Å². The summed E-state index contributed by atoms with van der Waals surface area (Å²) < 4.78 is 51.0. The predicted octanol–water partition coefficient (Wildman–Crippen LogP) is 5.68. The molecule has 3 aromatic rings. The molecule has 1 aliphatic heterocycles. The molecule has 2 heterocycles. The van der Waals surface area contributed by atoms with Gasteiger partial charge in [-0.05, 0) is 48.5 Å². The summed E-state index contributed by atoms with van der Waals surface area (Å²) in [6, 6.07) is 13.0. The van der Waals surface area contributed by atoms with Gasteiger partial charge in [0.05, 0.1) is 9.93 Å². The van der Waals surface area contributed by atoms with Gasteiger partial charge in [-0.2, -0.15) is 8.42 Å². The lowest BCUT2D eigenvalue weighted by molar-refractivity contribution is -0.114. The summed E-state index contributed by atoms with van der Waals surface area (Å²) in [5, 5.41) is 0.834. The first-order valence-electron chi connectivity index (χ1n) is 8.62. The summed E-state index contributed by atoms with van der Waals surface area (Å²) >= 11 is 12.7. The van der Waals surface area contributed by atoms with Crippen LogP contribution in [0.1, 0.15) is 5.76 Å². The molecule has 1 aliphatic rings. The summed E-state index contributed by atoms with van der Waals surface area (Å²) in [4.78, 5) is 13.7. The fourth-order valence-electron chi connectivity index (χ4n) is 2.97. The van der Waals surface area contributed by atoms with Crippen LogP contribution in [0.25, 0.3) is 17.4 Å². The Kier molecular flexibility index (Phi) is 5.89. The van der Waals surface area contributed by atoms with Gasteiger partial charge < -0.3 is 4.42 Å². The molecule has 1 atom stereocenters. The van der Waals surface area contributed by atoms with Gasteiger partial charge in [-0.1, -0.05) is 41.0 Å². The number of thioether (sulfide) groups is 1. The average Bonchev–Trinajstić information content (AvgIpc) is 3.27. The smallest absolute Gasteiger partial charge is 0.297 e. The van der Waals surface area contributed by atoms with Crippen LogP contribution in [0.2, 0.25) is 10.0 Å². The number of carbonyl (C=O) groups excluding carboxylic acids is 1. The summed E-state index contributed by atoms with van der Waals surface area (Å²) in [5.41, 5.74) is 0.579. The molecule has 0 aliphatic carbocycles. The van der Waals surface area contributed by atoms with Crippen molar-refractivity contribution in [2.24, 2.45) is 0 Å². The van der Waals surface area contributed by atoms with Gasteiger partial charge in [0.25, 0.3) is 16.0 Å². The molecular weight excluding hydrogens is 488 g/mol. The SMILES string of the molecule is O=C1C(=Cc2ccc(-c3ccc(Cl)cc3Cl)o2)SC(S(=O)(=O)O)N1c1cccc(F)c1. The van der Waals surface area contributed by atoms with E-state index in [1.54, 1.807) is 30.3 Å². The lowest BCUT2D eigenvalue weighted by Crippen LogP contribution is -2.37. The van der Waals surface area contributed by atoms with Crippen molar-refractivity contribution in [2.75, 3.05) is 4.90 Å². The molecule has 1 amide bonds. The van der Waals surface area contributed by atoms with E-state index in [1.165, 1.54) is 18.2 Å². The number of hydrogen-bond donors (Lipinski definition) is 1. The van der Waals surface area contributed by atoms with E-state index in [1.807, 2.05) is 0 Å². The zero-order valence-electron chi connectivity index (χ0n) is 15.3. The Morgan fingerprint density at radius 2 is 1.90 bits per heavy atom. The first-order valence-corrected chi connectivity index (χ1v) is 11.8. The number of rotatable bonds is 4. The largest absolute Gasteiger partial charge is 0.457 e. The number of carbonyl (C=O) groups is 1. The number of benzene rings is 2. The second-order valence-corrected chi connectivity index (χ2v) is 10.2. The third-order valence-corrected chi connectivity index (χ3v) is 7.55. The second kappa shape index (κ2) is 8.33. The summed E-state index contributed by atoms with van der Waals surface area (Å²) in [6.45, 7) is 0. The zero-order chi connectivity index (χ0) is 22.3. The first-order chi connectivity index (χ1) is 14.6. The van der Waals surface area contributed by atoms with Crippen LogP contribution < -0.4 is 4.90 Å². The number of halogens is 3. The van der Waals surface area contributed by atoms with Crippen molar-refractivity contribution in [1.82, 2.24) is 0 Å². The minimum atomic E-state index is -4.67. The molecule has 160 valence electrons. The van der Waals surface area contributed by atoms with Crippen LogP contribution in [-0.2, 0) is 14.9 Å². The highest BCUT2D eigenvalue weighted by atomic mass is 35.5. The Bertz CT molecular complexity index is 1320. The van der Waals surface area contributed by atoms with Crippen LogP contribution in [0.5, 0.6) is 0 Å². The average molecular weight is 500 g/mol. The van der Waals surface area contributed by atoms with Gasteiger partial charge in [-0.3, -0.25) is 14.2 Å². The Morgan fingerprint density at radius 1 is 1.13 bits per heavy atom. The molecule has 0 spiro atoms. The minimum Gasteiger partial charge on any atom is -0.457 e. The van der Waals surface area contributed by atoms with Crippen molar-refractivity contribution in [2.45, 2.75) is 4.71 Å². The highest BCUT2D eigenvalue weighted by molar-refractivity contribution is 8.15. The monoisotopic (exact) mass is 499 g/mol. The van der Waals surface area contributed by atoms with E-state index in [2.05, 4.69) is 0 Å². The lowest BCUT2D eigenvalue weighted by atomic mass is 10.2. The van der Waals surface area contributed by atoms with Gasteiger partial charge in [0.1, 0.15) is 17.3 Å². The Morgan fingerprint density at radius 3 is 2.58 bits per heavy atom. The van der Waals surface area contributed by atoms with Crippen LogP contribution in [0, 0.1) is 5.82 Å². The quantitative estimate of drug-likeness (QED) is 0.366. The third kappa shape index (κ3) is 4.51. The standard InChI is InChI=1S/C20H12Cl2FNO5S2/c21-11-4-6-15(16(22)8-11)17-7-5-14(29-17)10-18-19(25)24(20(30-18)31(26,27)28)13-3-1-2-12(23)9-13/h1-10,20H,(H,26,27,28). The molecule has 4 rings (SSSR count). The summed E-state index contributed by atoms with van der Waals surface area (Å²) in [7, 11) is -4.67. The Labute approximate surface area is 191 Å². The van der Waals surface area contributed by atoms with Gasteiger partial charge in [0.15, 0.2) is 0 Å². The molecule has 0 bridgehead atoms. The van der Waals surface area contributed by atoms with E-state index >= 15 is 0 Å². The van der Waals surface area contributed by atoms with Crippen LogP contribution >= 0.6 is 35.0 Å². The van der Waals surface area contributed by atoms with Gasteiger partial charge in [-0.25, -0.2) is 4.39 Å². The van der Waals surface area contributed by atoms with E-state index in [4.69, 9.17) is 27.6 Å². The maximum Gasteiger partial charge on any atom is 0.297 e. The third-order valence-electron chi connectivity index (χ3n) is 4.31. The molecule has 0 saturated carbocycles. The van der Waals surface area contributed by atoms with Crippen molar-refractivity contribution in [3.63, 3.8) is 0 Å². The fraction of sp³-hybridized carbons (Fsp3) is 0.0500. The van der Waals surface area contributed by atoms with Crippen LogP contribution in [0.4, 0.5) is 10.1 Å². The van der Waals surface area contributed by atoms with Crippen LogP contribution in [-0.4, -0.2) is 23.6 Å². The van der Waals surface area contributed by atoms with Gasteiger partial charge in [0.2, 0.25) is 4.71 Å². The highest BCUT2D eigenvalue weighted by Crippen LogP contribution is 2.42. The zero-order valence-corrected chi connectivity index (χ0v) is 18.5. The molecule has 31 heavy (non-hydrogen) atoms. The van der Waals surface area contributed by atoms with E-state index in [9.17, 15) is 22.2 Å². The van der Waals surface area contributed by atoms with Gasteiger partial charge in [0, 0.05) is 22.3 Å². The maximum atomic E-state index is 13.6. The lowest BCUT2D eigenvalue weighted by Gasteiger charge is -2.20. The molecule has 1 fully saturated rings. The molecule has 0 radical (unpaired) electrons. The van der Waals surface area contributed by atoms with E-state index in [0.29, 0.717) is 33.1 Å². The number of furan rings is 1. The van der Waals surface area contributed by atoms with E-state index < -0.39 is 26.5 Å². The maximum absolute atomic E-state index is 13.6. The van der Waals surface area contributed by atoms with E-state index in [-0.39, 0.29) is 16.4 Å². The molecular formula is C20H12Cl2FNO5S2. The van der Waals surface area contributed by atoms with Gasteiger partial charge in [-0.15, -0.1) is 0 Å². The van der Waals surface area contributed by atoms with Crippen molar-refractivity contribution in [3.8, 4) is 11.3 Å². The molecule has 1 aromatic heterocycles. The minimum absolute atomic E-state index is 0.00314. The van der Waals surface area contributed by atoms with Gasteiger partial charge >= 0.3 is 0 Å². The highest BCUT2D eigenvalue weighted by Gasteiger charge is 2.44. The normalized spacial score (nSPS) is 18.2. The Hall–Kier alpha value is -2.30. The second-order valence-electron chi connectivity index (χ2n) is 6.43. The molecule has 6 nitrogen and oxygen atoms in total. The summed E-state index contributed by atoms with van der Waals surface area (Å²) in [5.74, 6) is -0.706. The fourth-order valence-corrected chi connectivity index (χ4v) is 5.68. The first kappa shape index (κ1) is 21.9. The number of hydrogen-bond acceptors (Lipinski definition) is 5. The van der Waals surface area contributed by atoms with Crippen molar-refractivity contribution in [1.29, 1.82) is 0 Å². The molecule has 2 aromatic carbocycles. The number of amides is 1. The number of nitrogens with zero attached hydrogens (tertiary/aromatic N) is 1. The Balaban J connectivity index is 1.70. The van der Waals surface area contributed by atoms with Crippen molar-refractivity contribution in [3.05, 3.63) is 81.1 Å². The molecule has 1 saturated heterocycles. The predicted molar refractivity (Wildman–Crippen MR) is 119 cm³/mol. The molecule has 1 unspecified atom stereocenters. The van der Waals surface area contributed by atoms with Crippen LogP contribution in [0.15, 0.2) is 63.9 Å². The van der Waals surface area contributed by atoms with Crippen molar-refractivity contribution >= 4 is 62.8 Å². The van der Waals surface area contributed by atoms with Crippen molar-refractivity contribution < 1.29 is 26.6 Å². The molecule has 1 N–H and O–H groups in total. The van der Waals surface area contributed by atoms with E-state index in [0.717, 1.165) is 17.0 Å². The summed E-state index contributed by atoms with van der Waals surface area (Å²) in [6.07, 6.45) is 1.35. The molecule has 11 heteroatoms. The number of anilines is 1. The van der Waals surface area contributed by atoms with Crippen LogP contribution in [0.3, 0.4) is 0 Å².